The van der Waals surface area contributed by atoms with Gasteiger partial charge >= 0.3 is 0 Å². The van der Waals surface area contributed by atoms with E-state index in [-0.39, 0.29) is 23.8 Å². The Kier molecular flexibility index (Phi) is 5.69. The van der Waals surface area contributed by atoms with E-state index in [2.05, 4.69) is 0 Å². The average molecular weight is 362 g/mol. The van der Waals surface area contributed by atoms with Crippen molar-refractivity contribution in [3.8, 4) is 0 Å². The standard InChI is InChI=1S/C19H27N3O2S/c1-13(20)14-4-3-9-21(11-14)19(24)15-10-18(23)22(12-15)16-5-7-17(25-2)8-6-16/h5-8,13-15H,3-4,9-12,20H2,1-2H3. The Morgan fingerprint density at radius 3 is 2.64 bits per heavy atom. The Hall–Kier alpha value is -1.53. The third-order valence-electron chi connectivity index (χ3n) is 5.37. The molecule has 0 bridgehead atoms. The normalized spacial score (nSPS) is 25.3. The Labute approximate surface area is 153 Å². The fourth-order valence-corrected chi connectivity index (χ4v) is 4.19. The van der Waals surface area contributed by atoms with Gasteiger partial charge in [0, 0.05) is 42.7 Å². The van der Waals surface area contributed by atoms with Crippen LogP contribution in [0.2, 0.25) is 0 Å². The summed E-state index contributed by atoms with van der Waals surface area (Å²) >= 11 is 1.67. The first-order valence-electron chi connectivity index (χ1n) is 8.98. The number of carbonyl (C=O) groups is 2. The Morgan fingerprint density at radius 1 is 1.28 bits per heavy atom. The number of piperidine rings is 1. The number of nitrogens with zero attached hydrogens (tertiary/aromatic N) is 2. The Balaban J connectivity index is 1.66. The lowest BCUT2D eigenvalue weighted by molar-refractivity contribution is -0.137. The molecule has 2 N–H and O–H groups in total. The van der Waals surface area contributed by atoms with E-state index in [1.165, 1.54) is 4.90 Å². The van der Waals surface area contributed by atoms with Crippen molar-refractivity contribution in [2.75, 3.05) is 30.8 Å². The highest BCUT2D eigenvalue weighted by molar-refractivity contribution is 7.98. The number of hydrogen-bond acceptors (Lipinski definition) is 4. The molecule has 0 aliphatic carbocycles. The molecule has 2 saturated heterocycles. The third kappa shape index (κ3) is 4.01. The van der Waals surface area contributed by atoms with Crippen molar-refractivity contribution in [1.82, 2.24) is 4.90 Å². The zero-order chi connectivity index (χ0) is 18.0. The van der Waals surface area contributed by atoms with Crippen LogP contribution in [-0.2, 0) is 9.59 Å². The molecular weight excluding hydrogens is 334 g/mol. The Morgan fingerprint density at radius 2 is 2.00 bits per heavy atom. The van der Waals surface area contributed by atoms with E-state index in [1.54, 1.807) is 16.7 Å². The maximum atomic E-state index is 12.9. The quantitative estimate of drug-likeness (QED) is 0.836. The van der Waals surface area contributed by atoms with Gasteiger partial charge < -0.3 is 15.5 Å². The van der Waals surface area contributed by atoms with Gasteiger partial charge in [0.15, 0.2) is 0 Å². The lowest BCUT2D eigenvalue weighted by atomic mass is 9.91. The van der Waals surface area contributed by atoms with Crippen LogP contribution in [0.1, 0.15) is 26.2 Å². The van der Waals surface area contributed by atoms with E-state index >= 15 is 0 Å². The van der Waals surface area contributed by atoms with Crippen LogP contribution >= 0.6 is 11.8 Å². The monoisotopic (exact) mass is 361 g/mol. The summed E-state index contributed by atoms with van der Waals surface area (Å²) in [6, 6.07) is 8.06. The zero-order valence-corrected chi connectivity index (χ0v) is 15.8. The molecule has 6 heteroatoms. The molecule has 0 aromatic heterocycles. The number of likely N-dealkylation sites (tertiary alicyclic amines) is 1. The molecule has 1 aromatic carbocycles. The summed E-state index contributed by atoms with van der Waals surface area (Å²) in [5.74, 6) is 0.280. The predicted molar refractivity (Wildman–Crippen MR) is 102 cm³/mol. The largest absolute Gasteiger partial charge is 0.342 e. The number of anilines is 1. The van der Waals surface area contributed by atoms with E-state index in [0.29, 0.717) is 18.9 Å². The van der Waals surface area contributed by atoms with Crippen molar-refractivity contribution in [1.29, 1.82) is 0 Å². The summed E-state index contributed by atoms with van der Waals surface area (Å²) in [7, 11) is 0. The van der Waals surface area contributed by atoms with Gasteiger partial charge in [-0.25, -0.2) is 0 Å². The number of hydrogen-bond donors (Lipinski definition) is 1. The average Bonchev–Trinajstić information content (AvgIpc) is 3.03. The lowest BCUT2D eigenvalue weighted by Crippen LogP contribution is -2.47. The first-order chi connectivity index (χ1) is 12.0. The summed E-state index contributed by atoms with van der Waals surface area (Å²) < 4.78 is 0. The molecule has 1 aromatic rings. The van der Waals surface area contributed by atoms with Crippen LogP contribution in [-0.4, -0.2) is 48.6 Å². The highest BCUT2D eigenvalue weighted by Gasteiger charge is 2.38. The molecule has 3 atom stereocenters. The molecule has 0 spiro atoms. The fourth-order valence-electron chi connectivity index (χ4n) is 3.78. The maximum absolute atomic E-state index is 12.9. The summed E-state index contributed by atoms with van der Waals surface area (Å²) in [5.41, 5.74) is 6.90. The van der Waals surface area contributed by atoms with Gasteiger partial charge in [-0.05, 0) is 56.2 Å². The minimum Gasteiger partial charge on any atom is -0.342 e. The molecule has 3 unspecified atom stereocenters. The first-order valence-corrected chi connectivity index (χ1v) is 10.2. The second-order valence-electron chi connectivity index (χ2n) is 7.15. The molecule has 2 amide bonds. The van der Waals surface area contributed by atoms with Gasteiger partial charge in [-0.2, -0.15) is 0 Å². The van der Waals surface area contributed by atoms with E-state index < -0.39 is 0 Å². The van der Waals surface area contributed by atoms with E-state index in [4.69, 9.17) is 5.73 Å². The van der Waals surface area contributed by atoms with Gasteiger partial charge in [0.25, 0.3) is 0 Å². The molecule has 25 heavy (non-hydrogen) atoms. The number of amides is 2. The number of rotatable bonds is 4. The predicted octanol–water partition coefficient (Wildman–Crippen LogP) is 2.35. The maximum Gasteiger partial charge on any atom is 0.228 e. The van der Waals surface area contributed by atoms with Gasteiger partial charge in [0.2, 0.25) is 11.8 Å². The molecule has 2 aliphatic heterocycles. The highest BCUT2D eigenvalue weighted by atomic mass is 32.2. The van der Waals surface area contributed by atoms with Crippen LogP contribution in [0.4, 0.5) is 5.69 Å². The Bertz CT molecular complexity index is 632. The van der Waals surface area contributed by atoms with Crippen molar-refractivity contribution >= 4 is 29.3 Å². The molecule has 2 heterocycles. The van der Waals surface area contributed by atoms with Crippen molar-refractivity contribution in [3.05, 3.63) is 24.3 Å². The second-order valence-corrected chi connectivity index (χ2v) is 8.03. The molecule has 0 saturated carbocycles. The van der Waals surface area contributed by atoms with Crippen molar-refractivity contribution < 1.29 is 9.59 Å². The van der Waals surface area contributed by atoms with Gasteiger partial charge in [0.05, 0.1) is 5.92 Å². The topological polar surface area (TPSA) is 66.6 Å². The summed E-state index contributed by atoms with van der Waals surface area (Å²) in [5, 5.41) is 0. The number of carbonyl (C=O) groups excluding carboxylic acids is 2. The fraction of sp³-hybridized carbons (Fsp3) is 0.579. The number of thioether (sulfide) groups is 1. The first kappa shape index (κ1) is 18.3. The van der Waals surface area contributed by atoms with Gasteiger partial charge in [0.1, 0.15) is 0 Å². The van der Waals surface area contributed by atoms with Crippen LogP contribution in [0.3, 0.4) is 0 Å². The zero-order valence-electron chi connectivity index (χ0n) is 15.0. The summed E-state index contributed by atoms with van der Waals surface area (Å²) in [6.07, 6.45) is 4.42. The van der Waals surface area contributed by atoms with Crippen LogP contribution in [0.25, 0.3) is 0 Å². The molecule has 136 valence electrons. The van der Waals surface area contributed by atoms with Crippen LogP contribution in [0.15, 0.2) is 29.2 Å². The van der Waals surface area contributed by atoms with Crippen LogP contribution in [0.5, 0.6) is 0 Å². The molecule has 5 nitrogen and oxygen atoms in total. The van der Waals surface area contributed by atoms with E-state index in [1.807, 2.05) is 42.3 Å². The SMILES string of the molecule is CSc1ccc(N2CC(C(=O)N3CCCC(C(C)N)C3)CC2=O)cc1. The highest BCUT2D eigenvalue weighted by Crippen LogP contribution is 2.29. The van der Waals surface area contributed by atoms with Crippen molar-refractivity contribution in [2.24, 2.45) is 17.6 Å². The number of benzene rings is 1. The molecule has 2 aliphatic rings. The minimum absolute atomic E-state index is 0.0380. The van der Waals surface area contributed by atoms with Gasteiger partial charge in [-0.15, -0.1) is 11.8 Å². The number of nitrogens with two attached hydrogens (primary N) is 1. The smallest absolute Gasteiger partial charge is 0.228 e. The third-order valence-corrected chi connectivity index (χ3v) is 6.12. The van der Waals surface area contributed by atoms with E-state index in [0.717, 1.165) is 31.6 Å². The van der Waals surface area contributed by atoms with Crippen molar-refractivity contribution in [3.63, 3.8) is 0 Å². The molecule has 2 fully saturated rings. The summed E-state index contributed by atoms with van der Waals surface area (Å²) in [6.45, 7) is 4.01. The second kappa shape index (κ2) is 7.79. The minimum atomic E-state index is -0.237. The van der Waals surface area contributed by atoms with Crippen LogP contribution in [0, 0.1) is 11.8 Å². The van der Waals surface area contributed by atoms with E-state index in [9.17, 15) is 9.59 Å². The summed E-state index contributed by atoms with van der Waals surface area (Å²) in [4.78, 5) is 30.2. The molecule has 3 rings (SSSR count). The van der Waals surface area contributed by atoms with Gasteiger partial charge in [-0.1, -0.05) is 0 Å². The van der Waals surface area contributed by atoms with Gasteiger partial charge in [-0.3, -0.25) is 9.59 Å². The molecular formula is C19H27N3O2S. The lowest BCUT2D eigenvalue weighted by Gasteiger charge is -2.35. The molecule has 0 radical (unpaired) electrons. The van der Waals surface area contributed by atoms with Crippen molar-refractivity contribution in [2.45, 2.75) is 37.1 Å². The van der Waals surface area contributed by atoms with Crippen LogP contribution < -0.4 is 10.6 Å².